The zero-order chi connectivity index (χ0) is 23.9. The van der Waals surface area contributed by atoms with Crippen LogP contribution in [0, 0.1) is 6.92 Å². The van der Waals surface area contributed by atoms with E-state index in [-0.39, 0.29) is 11.4 Å². The predicted molar refractivity (Wildman–Crippen MR) is 130 cm³/mol. The SMILES string of the molecule is Cc1[nH]n(-c2cccnc2)c(=O)c1C(C1=C(O)NNC1(C)c1ncccn1)c1ccc(Br)cc1. The fraction of sp³-hybridized carbons (Fsp3) is 0.167. The van der Waals surface area contributed by atoms with Gasteiger partial charge in [0.1, 0.15) is 5.54 Å². The number of nitrogens with zero attached hydrogens (tertiary/aromatic N) is 4. The van der Waals surface area contributed by atoms with E-state index in [1.165, 1.54) is 4.68 Å². The highest BCUT2D eigenvalue weighted by Gasteiger charge is 2.47. The van der Waals surface area contributed by atoms with Crippen molar-refractivity contribution >= 4 is 15.9 Å². The van der Waals surface area contributed by atoms with Crippen molar-refractivity contribution in [3.63, 3.8) is 0 Å². The van der Waals surface area contributed by atoms with Crippen LogP contribution in [0.3, 0.4) is 0 Å². The van der Waals surface area contributed by atoms with E-state index in [1.54, 1.807) is 43.0 Å². The van der Waals surface area contributed by atoms with Gasteiger partial charge < -0.3 is 5.11 Å². The van der Waals surface area contributed by atoms with E-state index in [0.29, 0.717) is 28.3 Å². The van der Waals surface area contributed by atoms with Crippen molar-refractivity contribution in [1.29, 1.82) is 0 Å². The van der Waals surface area contributed by atoms with Crippen LogP contribution < -0.4 is 16.4 Å². The number of hydrogen-bond acceptors (Lipinski definition) is 7. The zero-order valence-electron chi connectivity index (χ0n) is 18.5. The molecule has 0 saturated carbocycles. The van der Waals surface area contributed by atoms with Crippen LogP contribution in [0.15, 0.2) is 88.0 Å². The summed E-state index contributed by atoms with van der Waals surface area (Å²) in [5.74, 6) is -0.216. The third-order valence-corrected chi connectivity index (χ3v) is 6.57. The van der Waals surface area contributed by atoms with Gasteiger partial charge in [-0.3, -0.25) is 20.3 Å². The lowest BCUT2D eigenvalue weighted by Crippen LogP contribution is -2.44. The normalized spacial score (nSPS) is 18.7. The molecule has 10 heteroatoms. The summed E-state index contributed by atoms with van der Waals surface area (Å²) in [4.78, 5) is 26.8. The first-order valence-corrected chi connectivity index (χ1v) is 11.4. The second-order valence-electron chi connectivity index (χ2n) is 8.20. The van der Waals surface area contributed by atoms with Gasteiger partial charge in [0.15, 0.2) is 5.82 Å². The second kappa shape index (κ2) is 8.54. The molecule has 0 fully saturated rings. The number of aliphatic hydroxyl groups is 1. The molecule has 4 heterocycles. The Morgan fingerprint density at radius 3 is 2.50 bits per heavy atom. The van der Waals surface area contributed by atoms with Gasteiger partial charge in [0, 0.05) is 40.2 Å². The predicted octanol–water partition coefficient (Wildman–Crippen LogP) is 3.35. The molecular formula is C24H22BrN7O2. The Hall–Kier alpha value is -3.76. The molecule has 0 saturated heterocycles. The first-order valence-electron chi connectivity index (χ1n) is 10.6. The third-order valence-electron chi connectivity index (χ3n) is 6.04. The van der Waals surface area contributed by atoms with Crippen LogP contribution in [-0.2, 0) is 5.54 Å². The number of halogens is 1. The van der Waals surface area contributed by atoms with E-state index >= 15 is 0 Å². The van der Waals surface area contributed by atoms with Gasteiger partial charge in [-0.1, -0.05) is 28.1 Å². The summed E-state index contributed by atoms with van der Waals surface area (Å²) in [5.41, 5.74) is 7.89. The monoisotopic (exact) mass is 519 g/mol. The van der Waals surface area contributed by atoms with E-state index in [9.17, 15) is 9.90 Å². The van der Waals surface area contributed by atoms with Crippen molar-refractivity contribution in [2.45, 2.75) is 25.3 Å². The summed E-state index contributed by atoms with van der Waals surface area (Å²) >= 11 is 3.48. The van der Waals surface area contributed by atoms with Gasteiger partial charge in [0.2, 0.25) is 5.88 Å². The summed E-state index contributed by atoms with van der Waals surface area (Å²) in [5, 5.41) is 14.2. The number of pyridine rings is 1. The first-order chi connectivity index (χ1) is 16.4. The molecule has 0 aliphatic carbocycles. The van der Waals surface area contributed by atoms with Crippen LogP contribution in [0.5, 0.6) is 0 Å². The Balaban J connectivity index is 1.76. The topological polar surface area (TPSA) is 121 Å². The van der Waals surface area contributed by atoms with Gasteiger partial charge in [-0.2, -0.15) is 0 Å². The Morgan fingerprint density at radius 2 is 1.82 bits per heavy atom. The van der Waals surface area contributed by atoms with Crippen LogP contribution >= 0.6 is 15.9 Å². The van der Waals surface area contributed by atoms with Crippen molar-refractivity contribution in [1.82, 2.24) is 35.6 Å². The molecule has 9 nitrogen and oxygen atoms in total. The van der Waals surface area contributed by atoms with Crippen LogP contribution in [0.25, 0.3) is 5.69 Å². The summed E-state index contributed by atoms with van der Waals surface area (Å²) in [6.45, 7) is 3.72. The Bertz CT molecular complexity index is 1420. The number of aryl methyl sites for hydroxylation is 1. The zero-order valence-corrected chi connectivity index (χ0v) is 20.0. The molecule has 0 radical (unpaired) electrons. The molecule has 1 aromatic carbocycles. The van der Waals surface area contributed by atoms with Crippen LogP contribution in [0.1, 0.15) is 35.5 Å². The number of aromatic nitrogens is 5. The standard InChI is InChI=1S/C24H22BrN7O2/c1-14-18(22(34)32(30-14)17-5-3-10-26-13-17)19(15-6-8-16(25)9-7-15)20-21(33)29-31-24(20,2)23-27-11-4-12-28-23/h3-13,19,29-31,33H,1-2H3. The van der Waals surface area contributed by atoms with Gasteiger partial charge in [0.05, 0.1) is 17.4 Å². The minimum atomic E-state index is -0.988. The minimum Gasteiger partial charge on any atom is -0.494 e. The number of hydrazine groups is 1. The summed E-state index contributed by atoms with van der Waals surface area (Å²) in [6.07, 6.45) is 6.56. The summed E-state index contributed by atoms with van der Waals surface area (Å²) < 4.78 is 2.37. The van der Waals surface area contributed by atoms with E-state index in [4.69, 9.17) is 0 Å². The lowest BCUT2D eigenvalue weighted by atomic mass is 9.76. The molecule has 5 rings (SSSR count). The van der Waals surface area contributed by atoms with E-state index < -0.39 is 11.5 Å². The number of aromatic amines is 1. The lowest BCUT2D eigenvalue weighted by molar-refractivity contribution is 0.342. The summed E-state index contributed by atoms with van der Waals surface area (Å²) in [7, 11) is 0. The molecule has 4 aromatic rings. The fourth-order valence-electron chi connectivity index (χ4n) is 4.41. The lowest BCUT2D eigenvalue weighted by Gasteiger charge is -2.30. The molecular weight excluding hydrogens is 498 g/mol. The van der Waals surface area contributed by atoms with E-state index in [0.717, 1.165) is 10.0 Å². The average Bonchev–Trinajstić information content (AvgIpc) is 3.33. The van der Waals surface area contributed by atoms with Crippen molar-refractivity contribution < 1.29 is 5.11 Å². The Labute approximate surface area is 203 Å². The van der Waals surface area contributed by atoms with Gasteiger partial charge in [0.25, 0.3) is 5.56 Å². The van der Waals surface area contributed by atoms with E-state index in [2.05, 4.69) is 46.8 Å². The van der Waals surface area contributed by atoms with Gasteiger partial charge in [-0.15, -0.1) is 0 Å². The molecule has 2 atom stereocenters. The van der Waals surface area contributed by atoms with Crippen LogP contribution in [0.2, 0.25) is 0 Å². The van der Waals surface area contributed by atoms with Crippen molar-refractivity contribution in [3.8, 4) is 5.69 Å². The highest BCUT2D eigenvalue weighted by molar-refractivity contribution is 9.10. The van der Waals surface area contributed by atoms with Gasteiger partial charge in [-0.25, -0.2) is 20.1 Å². The van der Waals surface area contributed by atoms with Crippen LogP contribution in [0.4, 0.5) is 0 Å². The number of hydrogen-bond donors (Lipinski definition) is 4. The van der Waals surface area contributed by atoms with Gasteiger partial charge in [-0.05, 0) is 49.7 Å². The minimum absolute atomic E-state index is 0.0733. The van der Waals surface area contributed by atoms with Gasteiger partial charge >= 0.3 is 0 Å². The van der Waals surface area contributed by atoms with Crippen LogP contribution in [-0.4, -0.2) is 29.8 Å². The number of H-pyrrole nitrogens is 1. The Morgan fingerprint density at radius 1 is 1.09 bits per heavy atom. The number of benzene rings is 1. The maximum Gasteiger partial charge on any atom is 0.275 e. The number of rotatable bonds is 5. The quantitative estimate of drug-likeness (QED) is 0.319. The number of nitrogens with one attached hydrogen (secondary N) is 3. The molecule has 172 valence electrons. The Kier molecular flexibility index (Phi) is 5.54. The highest BCUT2D eigenvalue weighted by Crippen LogP contribution is 2.44. The van der Waals surface area contributed by atoms with E-state index in [1.807, 2.05) is 38.1 Å². The maximum absolute atomic E-state index is 13.8. The fourth-order valence-corrected chi connectivity index (χ4v) is 4.68. The molecule has 0 bridgehead atoms. The second-order valence-corrected chi connectivity index (χ2v) is 9.11. The highest BCUT2D eigenvalue weighted by atomic mass is 79.9. The van der Waals surface area contributed by atoms with Crippen molar-refractivity contribution in [2.75, 3.05) is 0 Å². The smallest absolute Gasteiger partial charge is 0.275 e. The maximum atomic E-state index is 13.8. The largest absolute Gasteiger partial charge is 0.494 e. The molecule has 1 aliphatic rings. The van der Waals surface area contributed by atoms with Crippen molar-refractivity contribution in [2.24, 2.45) is 0 Å². The summed E-state index contributed by atoms with van der Waals surface area (Å²) in [6, 6.07) is 13.0. The molecule has 1 aliphatic heterocycles. The molecule has 4 N–H and O–H groups in total. The van der Waals surface area contributed by atoms with Crippen molar-refractivity contribution in [3.05, 3.63) is 116 Å². The average molecular weight is 520 g/mol. The number of aliphatic hydroxyl groups excluding tert-OH is 1. The first kappa shape index (κ1) is 22.1. The molecule has 0 spiro atoms. The molecule has 2 unspecified atom stereocenters. The molecule has 0 amide bonds. The third kappa shape index (κ3) is 3.61. The molecule has 3 aromatic heterocycles. The molecule has 34 heavy (non-hydrogen) atoms.